The zero-order chi connectivity index (χ0) is 10.0. The summed E-state index contributed by atoms with van der Waals surface area (Å²) in [6.07, 6.45) is -1.91. The largest absolute Gasteiger partial charge is 0.280 e. The molecule has 0 aliphatic rings. The molecule has 0 aliphatic carbocycles. The van der Waals surface area contributed by atoms with Crippen molar-refractivity contribution in [1.29, 1.82) is 0 Å². The van der Waals surface area contributed by atoms with Crippen LogP contribution >= 0.6 is 31.9 Å². The molecule has 0 saturated carbocycles. The van der Waals surface area contributed by atoms with E-state index in [1.807, 2.05) is 0 Å². The van der Waals surface area contributed by atoms with Gasteiger partial charge in [0.15, 0.2) is 5.82 Å². The molecule has 0 amide bonds. The van der Waals surface area contributed by atoms with Crippen molar-refractivity contribution < 1.29 is 13.2 Å². The van der Waals surface area contributed by atoms with Gasteiger partial charge in [0.25, 0.3) is 6.43 Å². The average Bonchev–Trinajstić information content (AvgIpc) is 2.09. The maximum Gasteiger partial charge on any atom is 0.280 e. The van der Waals surface area contributed by atoms with E-state index < -0.39 is 17.9 Å². The molecule has 1 rings (SSSR count). The zero-order valence-electron chi connectivity index (χ0n) is 6.20. The molecule has 0 saturated heterocycles. The van der Waals surface area contributed by atoms with Crippen LogP contribution in [-0.4, -0.2) is 4.98 Å². The van der Waals surface area contributed by atoms with Crippen molar-refractivity contribution in [2.24, 2.45) is 0 Å². The Bertz CT molecular complexity index is 317. The van der Waals surface area contributed by atoms with Gasteiger partial charge in [-0.25, -0.2) is 13.2 Å². The SMILES string of the molecule is Fc1cnc(C(F)F)c(CBr)c1Br. The first-order valence-corrected chi connectivity index (χ1v) is 5.16. The standard InChI is InChI=1S/C7H4Br2F3N/c8-1-3-5(9)4(10)2-13-6(3)7(11)12/h2,7H,1H2. The van der Waals surface area contributed by atoms with Gasteiger partial charge in [0.1, 0.15) is 5.69 Å². The number of rotatable bonds is 2. The number of hydrogen-bond acceptors (Lipinski definition) is 1. The summed E-state index contributed by atoms with van der Waals surface area (Å²) in [5.74, 6) is -0.640. The van der Waals surface area contributed by atoms with Crippen molar-refractivity contribution in [2.45, 2.75) is 11.8 Å². The summed E-state index contributed by atoms with van der Waals surface area (Å²) in [6.45, 7) is 0. The Hall–Kier alpha value is -0.100. The first kappa shape index (κ1) is 11.0. The summed E-state index contributed by atoms with van der Waals surface area (Å²) in [5.41, 5.74) is -0.250. The normalized spacial score (nSPS) is 10.9. The number of aromatic nitrogens is 1. The van der Waals surface area contributed by atoms with Gasteiger partial charge in [0, 0.05) is 10.9 Å². The summed E-state index contributed by atoms with van der Waals surface area (Å²) in [4.78, 5) is 3.32. The molecule has 0 fully saturated rings. The lowest BCUT2D eigenvalue weighted by molar-refractivity contribution is 0.145. The van der Waals surface area contributed by atoms with E-state index in [1.165, 1.54) is 0 Å². The van der Waals surface area contributed by atoms with Crippen LogP contribution in [0.4, 0.5) is 13.2 Å². The van der Waals surface area contributed by atoms with E-state index in [2.05, 4.69) is 36.8 Å². The molecule has 0 N–H and O–H groups in total. The van der Waals surface area contributed by atoms with Crippen LogP contribution in [0.3, 0.4) is 0 Å². The van der Waals surface area contributed by atoms with Gasteiger partial charge in [0.2, 0.25) is 0 Å². The smallest absolute Gasteiger partial charge is 0.252 e. The predicted octanol–water partition coefficient (Wildman–Crippen LogP) is 3.82. The molecule has 0 unspecified atom stereocenters. The van der Waals surface area contributed by atoms with E-state index in [0.29, 0.717) is 0 Å². The van der Waals surface area contributed by atoms with Gasteiger partial charge < -0.3 is 0 Å². The molecule has 1 aromatic heterocycles. The van der Waals surface area contributed by atoms with Gasteiger partial charge in [-0.1, -0.05) is 15.9 Å². The number of alkyl halides is 3. The fourth-order valence-corrected chi connectivity index (χ4v) is 2.22. The molecule has 6 heteroatoms. The molecule has 1 aromatic rings. The van der Waals surface area contributed by atoms with Gasteiger partial charge in [0.05, 0.1) is 10.7 Å². The molecule has 13 heavy (non-hydrogen) atoms. The van der Waals surface area contributed by atoms with Gasteiger partial charge in [-0.05, 0) is 15.9 Å². The van der Waals surface area contributed by atoms with Gasteiger partial charge in [-0.3, -0.25) is 4.98 Å². The lowest BCUT2D eigenvalue weighted by atomic mass is 10.2. The second-order valence-corrected chi connectivity index (χ2v) is 3.57. The summed E-state index contributed by atoms with van der Waals surface area (Å²) in [5, 5.41) is 0.137. The van der Waals surface area contributed by atoms with Crippen molar-refractivity contribution in [2.75, 3.05) is 0 Å². The second kappa shape index (κ2) is 4.41. The maximum absolute atomic E-state index is 12.8. The minimum Gasteiger partial charge on any atom is -0.252 e. The van der Waals surface area contributed by atoms with E-state index in [-0.39, 0.29) is 15.4 Å². The maximum atomic E-state index is 12.8. The van der Waals surface area contributed by atoms with Gasteiger partial charge in [-0.2, -0.15) is 0 Å². The summed E-state index contributed by atoms with van der Waals surface area (Å²) in [6, 6.07) is 0. The third-order valence-electron chi connectivity index (χ3n) is 1.44. The Balaban J connectivity index is 3.30. The highest BCUT2D eigenvalue weighted by Gasteiger charge is 2.18. The van der Waals surface area contributed by atoms with Crippen LogP contribution in [0.25, 0.3) is 0 Å². The van der Waals surface area contributed by atoms with Gasteiger partial charge in [-0.15, -0.1) is 0 Å². The summed E-state index contributed by atoms with van der Waals surface area (Å²) in [7, 11) is 0. The molecular formula is C7H4Br2F3N. The third kappa shape index (κ3) is 2.22. The molecule has 0 atom stereocenters. The second-order valence-electron chi connectivity index (χ2n) is 2.22. The Morgan fingerprint density at radius 2 is 2.08 bits per heavy atom. The van der Waals surface area contributed by atoms with Crippen molar-refractivity contribution >= 4 is 31.9 Å². The highest BCUT2D eigenvalue weighted by atomic mass is 79.9. The molecule has 1 heterocycles. The Labute approximate surface area is 89.6 Å². The summed E-state index contributed by atoms with van der Waals surface area (Å²) < 4.78 is 37.5. The van der Waals surface area contributed by atoms with E-state index in [9.17, 15) is 13.2 Å². The van der Waals surface area contributed by atoms with E-state index in [0.717, 1.165) is 6.20 Å². The highest BCUT2D eigenvalue weighted by Crippen LogP contribution is 2.30. The Kier molecular flexibility index (Phi) is 3.73. The molecule has 0 spiro atoms. The van der Waals surface area contributed by atoms with Crippen LogP contribution in [0, 0.1) is 5.82 Å². The molecule has 0 radical (unpaired) electrons. The number of pyridine rings is 1. The van der Waals surface area contributed by atoms with E-state index >= 15 is 0 Å². The Morgan fingerprint density at radius 1 is 1.46 bits per heavy atom. The molecule has 0 aromatic carbocycles. The number of halogens is 5. The van der Waals surface area contributed by atoms with Gasteiger partial charge >= 0.3 is 0 Å². The topological polar surface area (TPSA) is 12.9 Å². The van der Waals surface area contributed by atoms with Crippen LogP contribution in [0.1, 0.15) is 17.7 Å². The van der Waals surface area contributed by atoms with Crippen molar-refractivity contribution in [3.8, 4) is 0 Å². The average molecular weight is 319 g/mol. The zero-order valence-corrected chi connectivity index (χ0v) is 9.37. The third-order valence-corrected chi connectivity index (χ3v) is 2.86. The monoisotopic (exact) mass is 317 g/mol. The Morgan fingerprint density at radius 3 is 2.54 bits per heavy atom. The van der Waals surface area contributed by atoms with Crippen LogP contribution in [0.2, 0.25) is 0 Å². The fourth-order valence-electron chi connectivity index (χ4n) is 0.833. The van der Waals surface area contributed by atoms with Crippen LogP contribution in [-0.2, 0) is 5.33 Å². The number of hydrogen-bond donors (Lipinski definition) is 0. The molecule has 72 valence electrons. The lowest BCUT2D eigenvalue weighted by Gasteiger charge is -2.07. The van der Waals surface area contributed by atoms with Crippen LogP contribution in [0.5, 0.6) is 0 Å². The number of nitrogens with zero attached hydrogens (tertiary/aromatic N) is 1. The summed E-state index contributed by atoms with van der Waals surface area (Å²) >= 11 is 5.87. The van der Waals surface area contributed by atoms with Crippen LogP contribution < -0.4 is 0 Å². The fraction of sp³-hybridized carbons (Fsp3) is 0.286. The van der Waals surface area contributed by atoms with Crippen molar-refractivity contribution in [3.63, 3.8) is 0 Å². The molecule has 0 aliphatic heterocycles. The lowest BCUT2D eigenvalue weighted by Crippen LogP contribution is -1.99. The molecular weight excluding hydrogens is 315 g/mol. The highest BCUT2D eigenvalue weighted by molar-refractivity contribution is 9.10. The van der Waals surface area contributed by atoms with E-state index in [1.54, 1.807) is 0 Å². The minimum atomic E-state index is -2.69. The van der Waals surface area contributed by atoms with E-state index in [4.69, 9.17) is 0 Å². The first-order valence-electron chi connectivity index (χ1n) is 3.24. The minimum absolute atomic E-state index is 0.0367. The van der Waals surface area contributed by atoms with Crippen molar-refractivity contribution in [3.05, 3.63) is 27.7 Å². The molecule has 0 bridgehead atoms. The first-order chi connectivity index (χ1) is 6.07. The predicted molar refractivity (Wildman–Crippen MR) is 49.5 cm³/mol. The molecule has 1 nitrogen and oxygen atoms in total. The van der Waals surface area contributed by atoms with Crippen molar-refractivity contribution in [1.82, 2.24) is 4.98 Å². The quantitative estimate of drug-likeness (QED) is 0.756. The van der Waals surface area contributed by atoms with Crippen LogP contribution in [0.15, 0.2) is 10.7 Å².